The van der Waals surface area contributed by atoms with Crippen molar-refractivity contribution in [2.75, 3.05) is 0 Å². The fourth-order valence-corrected chi connectivity index (χ4v) is 2.95. The Kier molecular flexibility index (Phi) is 3.67. The molecule has 1 heterocycles. The largest absolute Gasteiger partial charge is 0.505 e. The molecule has 0 aliphatic rings. The predicted molar refractivity (Wildman–Crippen MR) is 97.9 cm³/mol. The minimum absolute atomic E-state index is 0.136. The third-order valence-corrected chi connectivity index (χ3v) is 4.25. The first-order valence-corrected chi connectivity index (χ1v) is 8.28. The second kappa shape index (κ2) is 5.33. The van der Waals surface area contributed by atoms with E-state index >= 15 is 0 Å². The SMILES string of the molecule is CC(C)(C)c1ccc(C(C)(C)C)c(-n2nc3ccccc3n2)c1O. The number of rotatable bonds is 1. The zero-order chi connectivity index (χ0) is 17.7. The summed E-state index contributed by atoms with van der Waals surface area (Å²) in [6.45, 7) is 12.7. The van der Waals surface area contributed by atoms with Crippen LogP contribution in [0.1, 0.15) is 52.7 Å². The van der Waals surface area contributed by atoms with Gasteiger partial charge in [-0.3, -0.25) is 0 Å². The molecule has 0 amide bonds. The summed E-state index contributed by atoms with van der Waals surface area (Å²) in [7, 11) is 0. The van der Waals surface area contributed by atoms with Crippen molar-refractivity contribution in [3.05, 3.63) is 47.5 Å². The monoisotopic (exact) mass is 323 g/mol. The summed E-state index contributed by atoms with van der Waals surface area (Å²) in [5.74, 6) is 0.259. The maximum absolute atomic E-state index is 11.0. The lowest BCUT2D eigenvalue weighted by Gasteiger charge is -2.27. The molecule has 0 saturated heterocycles. The van der Waals surface area contributed by atoms with Gasteiger partial charge >= 0.3 is 0 Å². The van der Waals surface area contributed by atoms with Gasteiger partial charge in [0.05, 0.1) is 0 Å². The molecule has 0 radical (unpaired) electrons. The fraction of sp³-hybridized carbons (Fsp3) is 0.400. The normalized spacial score (nSPS) is 12.8. The van der Waals surface area contributed by atoms with Crippen LogP contribution in [0.4, 0.5) is 0 Å². The molecule has 0 atom stereocenters. The number of aromatic nitrogens is 3. The van der Waals surface area contributed by atoms with E-state index in [1.54, 1.807) is 4.80 Å². The highest BCUT2D eigenvalue weighted by Gasteiger charge is 2.28. The summed E-state index contributed by atoms with van der Waals surface area (Å²) in [4.78, 5) is 1.58. The van der Waals surface area contributed by atoms with Gasteiger partial charge < -0.3 is 5.11 Å². The van der Waals surface area contributed by atoms with Crippen LogP contribution in [0.5, 0.6) is 5.75 Å². The zero-order valence-corrected chi connectivity index (χ0v) is 15.3. The van der Waals surface area contributed by atoms with Gasteiger partial charge in [0.15, 0.2) is 0 Å². The van der Waals surface area contributed by atoms with Gasteiger partial charge in [-0.05, 0) is 28.5 Å². The van der Waals surface area contributed by atoms with Crippen LogP contribution in [0, 0.1) is 0 Å². The Balaban J connectivity index is 2.34. The molecule has 0 unspecified atom stereocenters. The molecule has 3 aromatic rings. The van der Waals surface area contributed by atoms with Crippen molar-refractivity contribution in [1.29, 1.82) is 0 Å². The Morgan fingerprint density at radius 2 is 1.21 bits per heavy atom. The molecular formula is C20H25N3O. The molecule has 0 aliphatic carbocycles. The van der Waals surface area contributed by atoms with Gasteiger partial charge in [-0.15, -0.1) is 15.0 Å². The van der Waals surface area contributed by atoms with Crippen LogP contribution in [-0.2, 0) is 10.8 Å². The Hall–Kier alpha value is -2.36. The number of nitrogens with zero attached hydrogens (tertiary/aromatic N) is 3. The third-order valence-electron chi connectivity index (χ3n) is 4.25. The Morgan fingerprint density at radius 1 is 0.750 bits per heavy atom. The smallest absolute Gasteiger partial charge is 0.147 e. The molecule has 126 valence electrons. The van der Waals surface area contributed by atoms with Crippen molar-refractivity contribution in [3.63, 3.8) is 0 Å². The van der Waals surface area contributed by atoms with E-state index in [2.05, 4.69) is 57.8 Å². The zero-order valence-electron chi connectivity index (χ0n) is 15.3. The summed E-state index contributed by atoms with van der Waals surface area (Å²) in [6, 6.07) is 11.8. The van der Waals surface area contributed by atoms with Gasteiger partial charge in [-0.25, -0.2) is 0 Å². The summed E-state index contributed by atoms with van der Waals surface area (Å²) < 4.78 is 0. The van der Waals surface area contributed by atoms with Crippen LogP contribution < -0.4 is 0 Å². The first-order chi connectivity index (χ1) is 11.1. The minimum Gasteiger partial charge on any atom is -0.505 e. The molecule has 0 spiro atoms. The van der Waals surface area contributed by atoms with Gasteiger partial charge in [-0.2, -0.15) is 0 Å². The van der Waals surface area contributed by atoms with E-state index in [1.807, 2.05) is 30.3 Å². The average molecular weight is 323 g/mol. The first kappa shape index (κ1) is 16.5. The van der Waals surface area contributed by atoms with Gasteiger partial charge in [0.2, 0.25) is 0 Å². The molecule has 1 N–H and O–H groups in total. The van der Waals surface area contributed by atoms with Crippen molar-refractivity contribution in [3.8, 4) is 11.4 Å². The van der Waals surface area contributed by atoms with Crippen LogP contribution in [0.15, 0.2) is 36.4 Å². The number of hydrogen-bond donors (Lipinski definition) is 1. The molecule has 24 heavy (non-hydrogen) atoms. The van der Waals surface area contributed by atoms with Crippen molar-refractivity contribution >= 4 is 11.0 Å². The number of phenolic OH excluding ortho intramolecular Hbond substituents is 1. The van der Waals surface area contributed by atoms with Gasteiger partial charge in [0, 0.05) is 5.56 Å². The van der Waals surface area contributed by atoms with Gasteiger partial charge in [0.1, 0.15) is 22.5 Å². The number of fused-ring (bicyclic) bond motifs is 1. The molecular weight excluding hydrogens is 298 g/mol. The summed E-state index contributed by atoms with van der Waals surface area (Å²) in [5.41, 5.74) is 3.92. The maximum Gasteiger partial charge on any atom is 0.147 e. The lowest BCUT2D eigenvalue weighted by molar-refractivity contribution is 0.435. The molecule has 0 saturated carbocycles. The number of hydrogen-bond acceptors (Lipinski definition) is 3. The number of aromatic hydroxyl groups is 1. The highest BCUT2D eigenvalue weighted by atomic mass is 16.3. The molecule has 2 aromatic carbocycles. The van der Waals surface area contributed by atoms with Gasteiger partial charge in [0.25, 0.3) is 0 Å². The molecule has 4 nitrogen and oxygen atoms in total. The minimum atomic E-state index is -0.165. The first-order valence-electron chi connectivity index (χ1n) is 8.28. The predicted octanol–water partition coefficient (Wildman–Crippen LogP) is 4.72. The Morgan fingerprint density at radius 3 is 1.67 bits per heavy atom. The van der Waals surface area contributed by atoms with E-state index in [0.717, 1.165) is 22.2 Å². The van der Waals surface area contributed by atoms with Crippen molar-refractivity contribution in [2.45, 2.75) is 52.4 Å². The van der Waals surface area contributed by atoms with Crippen LogP contribution in [0.3, 0.4) is 0 Å². The van der Waals surface area contributed by atoms with E-state index < -0.39 is 0 Å². The fourth-order valence-electron chi connectivity index (χ4n) is 2.95. The lowest BCUT2D eigenvalue weighted by Crippen LogP contribution is -2.19. The van der Waals surface area contributed by atoms with Crippen LogP contribution >= 0.6 is 0 Å². The van der Waals surface area contributed by atoms with Crippen LogP contribution in [0.25, 0.3) is 16.7 Å². The molecule has 4 heteroatoms. The van der Waals surface area contributed by atoms with E-state index in [0.29, 0.717) is 5.69 Å². The second-order valence-electron chi connectivity index (χ2n) is 8.34. The highest BCUT2D eigenvalue weighted by Crippen LogP contribution is 2.40. The Bertz CT molecular complexity index is 862. The molecule has 0 bridgehead atoms. The summed E-state index contributed by atoms with van der Waals surface area (Å²) >= 11 is 0. The quantitative estimate of drug-likeness (QED) is 0.705. The van der Waals surface area contributed by atoms with E-state index in [9.17, 15) is 5.11 Å². The summed E-state index contributed by atoms with van der Waals surface area (Å²) in [5, 5.41) is 20.2. The lowest BCUT2D eigenvalue weighted by atomic mass is 9.80. The maximum atomic E-state index is 11.0. The van der Waals surface area contributed by atoms with E-state index in [-0.39, 0.29) is 16.6 Å². The standard InChI is InChI=1S/C20H25N3O/c1-19(2,3)13-11-12-14(20(4,5)6)18(24)17(13)23-21-15-9-7-8-10-16(15)22-23/h7-12,24H,1-6H3. The molecule has 0 aliphatic heterocycles. The van der Waals surface area contributed by atoms with E-state index in [4.69, 9.17) is 0 Å². The van der Waals surface area contributed by atoms with Crippen molar-refractivity contribution < 1.29 is 5.11 Å². The summed E-state index contributed by atoms with van der Waals surface area (Å²) in [6.07, 6.45) is 0. The van der Waals surface area contributed by atoms with Crippen molar-refractivity contribution in [2.24, 2.45) is 0 Å². The van der Waals surface area contributed by atoms with Gasteiger partial charge in [-0.1, -0.05) is 65.8 Å². The highest BCUT2D eigenvalue weighted by molar-refractivity contribution is 5.74. The third kappa shape index (κ3) is 2.77. The number of benzene rings is 2. The van der Waals surface area contributed by atoms with Crippen molar-refractivity contribution in [1.82, 2.24) is 15.0 Å². The molecule has 0 fully saturated rings. The number of phenols is 1. The second-order valence-corrected chi connectivity index (χ2v) is 8.34. The molecule has 3 rings (SSSR count). The molecule has 1 aromatic heterocycles. The van der Waals surface area contributed by atoms with E-state index in [1.165, 1.54) is 0 Å². The Labute approximate surface area is 143 Å². The average Bonchev–Trinajstić information content (AvgIpc) is 2.87. The van der Waals surface area contributed by atoms with Crippen LogP contribution in [-0.4, -0.2) is 20.1 Å². The topological polar surface area (TPSA) is 50.9 Å². The van der Waals surface area contributed by atoms with Crippen LogP contribution in [0.2, 0.25) is 0 Å².